The highest BCUT2D eigenvalue weighted by atomic mass is 35.5. The van der Waals surface area contributed by atoms with Crippen molar-refractivity contribution in [3.05, 3.63) is 88.0 Å². The van der Waals surface area contributed by atoms with Crippen LogP contribution in [-0.4, -0.2) is 10.1 Å². The molecule has 1 aromatic heterocycles. The van der Waals surface area contributed by atoms with Gasteiger partial charge in [0, 0.05) is 17.7 Å². The number of fused-ring (bicyclic) bond motifs is 1. The Morgan fingerprint density at radius 1 is 1.03 bits per heavy atom. The molecule has 0 radical (unpaired) electrons. The lowest BCUT2D eigenvalue weighted by atomic mass is 9.81. The molecule has 3 unspecified atom stereocenters. The van der Waals surface area contributed by atoms with Crippen molar-refractivity contribution in [1.29, 1.82) is 0 Å². The van der Waals surface area contributed by atoms with Crippen molar-refractivity contribution in [3.8, 4) is 11.1 Å². The molecule has 1 aliphatic rings. The summed E-state index contributed by atoms with van der Waals surface area (Å²) >= 11 is 6.58. The molecule has 1 N–H and O–H groups in total. The van der Waals surface area contributed by atoms with E-state index in [1.165, 1.54) is 12.1 Å². The van der Waals surface area contributed by atoms with Crippen LogP contribution in [0.4, 0.5) is 22.0 Å². The van der Waals surface area contributed by atoms with E-state index in [2.05, 4.69) is 0 Å². The maximum absolute atomic E-state index is 15.6. The van der Waals surface area contributed by atoms with E-state index in [-0.39, 0.29) is 17.9 Å². The highest BCUT2D eigenvalue weighted by Crippen LogP contribution is 2.47. The van der Waals surface area contributed by atoms with E-state index in [1.807, 2.05) is 13.8 Å². The van der Waals surface area contributed by atoms with Crippen LogP contribution in [0.1, 0.15) is 83.9 Å². The highest BCUT2D eigenvalue weighted by molar-refractivity contribution is 6.21. The normalized spacial score (nSPS) is 19.0. The van der Waals surface area contributed by atoms with Gasteiger partial charge in [0.25, 0.3) is 0 Å². The first-order valence-corrected chi connectivity index (χ1v) is 11.9. The Kier molecular flexibility index (Phi) is 7.21. The lowest BCUT2D eigenvalue weighted by Crippen LogP contribution is -2.19. The van der Waals surface area contributed by atoms with E-state index >= 15 is 4.39 Å². The molecule has 3 atom stereocenters. The number of aliphatic hydroxyl groups excluding tert-OH is 1. The minimum Gasteiger partial charge on any atom is -0.388 e. The minimum absolute atomic E-state index is 0.103. The second-order valence-electron chi connectivity index (χ2n) is 9.16. The monoisotopic (exact) mass is 509 g/mol. The molecule has 0 aliphatic heterocycles. The molecule has 0 saturated carbocycles. The highest BCUT2D eigenvalue weighted by Gasteiger charge is 2.34. The Morgan fingerprint density at radius 2 is 1.66 bits per heavy atom. The van der Waals surface area contributed by atoms with Crippen molar-refractivity contribution >= 4 is 11.6 Å². The van der Waals surface area contributed by atoms with Gasteiger partial charge in [-0.3, -0.25) is 4.98 Å². The van der Waals surface area contributed by atoms with Crippen LogP contribution in [0, 0.1) is 5.82 Å². The number of aliphatic hydroxyl groups is 1. The summed E-state index contributed by atoms with van der Waals surface area (Å²) < 4.78 is 68.1. The molecule has 0 bridgehead atoms. The predicted octanol–water partition coefficient (Wildman–Crippen LogP) is 8.39. The van der Waals surface area contributed by atoms with Gasteiger partial charge in [-0.15, -0.1) is 11.6 Å². The fourth-order valence-electron chi connectivity index (χ4n) is 4.65. The second-order valence-corrected chi connectivity index (χ2v) is 9.69. The van der Waals surface area contributed by atoms with Crippen molar-refractivity contribution in [2.75, 3.05) is 0 Å². The number of benzene rings is 2. The topological polar surface area (TPSA) is 33.1 Å². The molecule has 186 valence electrons. The number of alkyl halides is 5. The Morgan fingerprint density at radius 3 is 2.23 bits per heavy atom. The fraction of sp³-hybridized carbons (Fsp3) is 0.370. The third-order valence-corrected chi connectivity index (χ3v) is 6.81. The van der Waals surface area contributed by atoms with Crippen molar-refractivity contribution in [2.24, 2.45) is 0 Å². The molecule has 35 heavy (non-hydrogen) atoms. The maximum Gasteiger partial charge on any atom is 0.416 e. The minimum atomic E-state index is -4.51. The SMILES string of the molecule is CC(C)c1nc2c(c(-c3ccc(F)cc3)c1CC(F)c1ccc(C(F)(F)F)cc1)C(O)CCC2Cl. The van der Waals surface area contributed by atoms with Gasteiger partial charge < -0.3 is 5.11 Å². The summed E-state index contributed by atoms with van der Waals surface area (Å²) in [6, 6.07) is 9.70. The molecule has 1 heterocycles. The fourth-order valence-corrected chi connectivity index (χ4v) is 4.94. The van der Waals surface area contributed by atoms with Gasteiger partial charge in [0.15, 0.2) is 0 Å². The third kappa shape index (κ3) is 5.21. The molecule has 0 amide bonds. The van der Waals surface area contributed by atoms with Crippen molar-refractivity contribution in [1.82, 2.24) is 4.98 Å². The number of nitrogens with zero attached hydrogens (tertiary/aromatic N) is 1. The van der Waals surface area contributed by atoms with Gasteiger partial charge >= 0.3 is 6.18 Å². The Labute approximate surface area is 205 Å². The lowest BCUT2D eigenvalue weighted by Gasteiger charge is -2.31. The van der Waals surface area contributed by atoms with Crippen LogP contribution in [0.25, 0.3) is 11.1 Å². The average Bonchev–Trinajstić information content (AvgIpc) is 2.81. The molecule has 1 aliphatic carbocycles. The van der Waals surface area contributed by atoms with Gasteiger partial charge in [-0.1, -0.05) is 38.1 Å². The summed E-state index contributed by atoms with van der Waals surface area (Å²) in [4.78, 5) is 4.76. The van der Waals surface area contributed by atoms with E-state index in [0.717, 1.165) is 24.3 Å². The number of pyridine rings is 1. The molecule has 8 heteroatoms. The number of hydrogen-bond donors (Lipinski definition) is 1. The summed E-state index contributed by atoms with van der Waals surface area (Å²) in [5.74, 6) is -0.566. The zero-order valence-corrected chi connectivity index (χ0v) is 20.0. The third-order valence-electron chi connectivity index (χ3n) is 6.38. The van der Waals surface area contributed by atoms with Crippen LogP contribution in [0.15, 0.2) is 48.5 Å². The van der Waals surface area contributed by atoms with Gasteiger partial charge in [0.2, 0.25) is 0 Å². The van der Waals surface area contributed by atoms with Gasteiger partial charge in [-0.2, -0.15) is 13.2 Å². The number of rotatable bonds is 5. The Hall–Kier alpha value is -2.51. The number of aromatic nitrogens is 1. The summed E-state index contributed by atoms with van der Waals surface area (Å²) in [5.41, 5.74) is 2.56. The predicted molar refractivity (Wildman–Crippen MR) is 126 cm³/mol. The Balaban J connectivity index is 1.88. The second kappa shape index (κ2) is 9.86. The Bertz CT molecular complexity index is 1190. The molecule has 4 rings (SSSR count). The zero-order chi connectivity index (χ0) is 25.5. The van der Waals surface area contributed by atoms with Gasteiger partial charge in [0.1, 0.15) is 12.0 Å². The van der Waals surface area contributed by atoms with E-state index < -0.39 is 35.2 Å². The summed E-state index contributed by atoms with van der Waals surface area (Å²) in [6.45, 7) is 3.81. The first-order chi connectivity index (χ1) is 16.5. The van der Waals surface area contributed by atoms with Crippen molar-refractivity contribution in [3.63, 3.8) is 0 Å². The smallest absolute Gasteiger partial charge is 0.388 e. The van der Waals surface area contributed by atoms with E-state index in [9.17, 15) is 22.7 Å². The summed E-state index contributed by atoms with van der Waals surface area (Å²) in [7, 11) is 0. The van der Waals surface area contributed by atoms with Gasteiger partial charge in [0.05, 0.1) is 22.7 Å². The molecule has 2 nitrogen and oxygen atoms in total. The first-order valence-electron chi connectivity index (χ1n) is 11.4. The lowest BCUT2D eigenvalue weighted by molar-refractivity contribution is -0.137. The van der Waals surface area contributed by atoms with Crippen molar-refractivity contribution < 1.29 is 27.1 Å². The van der Waals surface area contributed by atoms with E-state index in [0.29, 0.717) is 46.5 Å². The zero-order valence-electron chi connectivity index (χ0n) is 19.2. The molecule has 0 spiro atoms. The first kappa shape index (κ1) is 25.6. The number of halogens is 6. The summed E-state index contributed by atoms with van der Waals surface area (Å²) in [5, 5.41) is 10.5. The van der Waals surface area contributed by atoms with Crippen LogP contribution in [0.5, 0.6) is 0 Å². The van der Waals surface area contributed by atoms with E-state index in [1.54, 1.807) is 12.1 Å². The largest absolute Gasteiger partial charge is 0.416 e. The molecular formula is C27H25ClF5NO. The van der Waals surface area contributed by atoms with Crippen molar-refractivity contribution in [2.45, 2.75) is 62.9 Å². The van der Waals surface area contributed by atoms with Crippen LogP contribution in [0.3, 0.4) is 0 Å². The number of hydrogen-bond acceptors (Lipinski definition) is 2. The van der Waals surface area contributed by atoms with Gasteiger partial charge in [-0.05, 0) is 65.3 Å². The standard InChI is InChI=1S/C27H25ClF5NO/c1-14(2)25-19(13-21(30)15-3-7-17(8-4-15)27(31,32)33)23(16-5-9-18(29)10-6-16)24-22(35)12-11-20(28)26(24)34-25/h3-10,14,20-22,35H,11-13H2,1-2H3. The van der Waals surface area contributed by atoms with Crippen LogP contribution < -0.4 is 0 Å². The van der Waals surface area contributed by atoms with Gasteiger partial charge in [-0.25, -0.2) is 8.78 Å². The van der Waals surface area contributed by atoms with Crippen LogP contribution in [-0.2, 0) is 12.6 Å². The maximum atomic E-state index is 15.6. The molecule has 0 fully saturated rings. The molecule has 3 aromatic rings. The molecule has 2 aromatic carbocycles. The van der Waals surface area contributed by atoms with Crippen LogP contribution >= 0.6 is 11.6 Å². The van der Waals surface area contributed by atoms with Crippen LogP contribution in [0.2, 0.25) is 0 Å². The quantitative estimate of drug-likeness (QED) is 0.277. The van der Waals surface area contributed by atoms with E-state index in [4.69, 9.17) is 16.6 Å². The average molecular weight is 510 g/mol. The molecular weight excluding hydrogens is 485 g/mol. The summed E-state index contributed by atoms with van der Waals surface area (Å²) in [6.07, 6.45) is -6.26. The molecule has 0 saturated heterocycles.